The number of amides is 1. The molecular weight excluding hydrogens is 442 g/mol. The van der Waals surface area contributed by atoms with E-state index in [-0.39, 0.29) is 24.3 Å². The fourth-order valence-electron chi connectivity index (χ4n) is 3.42. The zero-order chi connectivity index (χ0) is 24.4. The average molecular weight is 465 g/mol. The molecule has 8 N–H and O–H groups in total. The zero-order valence-electron chi connectivity index (χ0n) is 17.3. The van der Waals surface area contributed by atoms with Crippen molar-refractivity contribution in [2.45, 2.75) is 25.2 Å². The monoisotopic (exact) mass is 465 g/mol. The van der Waals surface area contributed by atoms with Crippen molar-refractivity contribution >= 4 is 11.9 Å². The first-order chi connectivity index (χ1) is 15.5. The molecule has 1 unspecified atom stereocenters. The normalized spacial score (nSPS) is 22.1. The van der Waals surface area contributed by atoms with Crippen molar-refractivity contribution in [1.29, 1.82) is 0 Å². The van der Waals surface area contributed by atoms with Gasteiger partial charge in [-0.15, -0.1) is 0 Å². The number of aromatic hydroxyl groups is 6. The summed E-state index contributed by atoms with van der Waals surface area (Å²) < 4.78 is 10.8. The number of aliphatic hydroxyl groups is 1. The lowest BCUT2D eigenvalue weighted by molar-refractivity contribution is 0.0171. The average Bonchev–Trinajstić information content (AvgIpc) is 3.04. The third kappa shape index (κ3) is 4.96. The molecule has 2 aromatic carbocycles. The van der Waals surface area contributed by atoms with Gasteiger partial charge in [0.2, 0.25) is 0 Å². The maximum atomic E-state index is 12.3. The van der Waals surface area contributed by atoms with Gasteiger partial charge in [-0.2, -0.15) is 0 Å². The predicted octanol–water partition coefficient (Wildman–Crippen LogP) is 0.271. The van der Waals surface area contributed by atoms with E-state index < -0.39 is 70.6 Å². The Balaban J connectivity index is 1.57. The maximum absolute atomic E-state index is 12.3. The number of aliphatic hydroxyl groups excluding tert-OH is 1. The molecule has 0 spiro atoms. The number of rotatable bonds is 6. The van der Waals surface area contributed by atoms with Crippen LogP contribution in [-0.4, -0.2) is 79.1 Å². The first kappa shape index (κ1) is 23.8. The Morgan fingerprint density at radius 3 is 1.91 bits per heavy atom. The number of phenols is 6. The van der Waals surface area contributed by atoms with Gasteiger partial charge in [-0.05, 0) is 31.2 Å². The summed E-state index contributed by atoms with van der Waals surface area (Å²) in [5, 5.41) is 69.8. The van der Waals surface area contributed by atoms with Gasteiger partial charge in [0.05, 0.1) is 24.4 Å². The standard InChI is InChI=1S/C21H23NO11/c1-8-11(7-32-21(31)10-4-14(25)19(29)15(26)5-10)17(27)16(33-8)6-22-20(30)9-2-12(23)18(28)13(24)3-9/h2-5,8,11,16-17,23-29H,6-7H2,1H3,(H,22,30)/t8?,11-,16-,17+/m1/s1. The van der Waals surface area contributed by atoms with Gasteiger partial charge >= 0.3 is 5.97 Å². The van der Waals surface area contributed by atoms with E-state index in [1.807, 2.05) is 0 Å². The number of ether oxygens (including phenoxy) is 2. The second-order valence-electron chi connectivity index (χ2n) is 7.57. The van der Waals surface area contributed by atoms with Gasteiger partial charge in [0.1, 0.15) is 6.10 Å². The van der Waals surface area contributed by atoms with Gasteiger partial charge in [-0.25, -0.2) is 4.79 Å². The summed E-state index contributed by atoms with van der Waals surface area (Å²) in [5.74, 6) is -6.57. The van der Waals surface area contributed by atoms with Crippen LogP contribution in [0.2, 0.25) is 0 Å². The fraction of sp³-hybridized carbons (Fsp3) is 0.333. The summed E-state index contributed by atoms with van der Waals surface area (Å²) in [4.78, 5) is 24.5. The highest BCUT2D eigenvalue weighted by atomic mass is 16.5. The van der Waals surface area contributed by atoms with Crippen molar-refractivity contribution in [2.75, 3.05) is 13.2 Å². The third-order valence-electron chi connectivity index (χ3n) is 5.32. The summed E-state index contributed by atoms with van der Waals surface area (Å²) in [5.41, 5.74) is -0.345. The summed E-state index contributed by atoms with van der Waals surface area (Å²) in [7, 11) is 0. The van der Waals surface area contributed by atoms with Crippen LogP contribution >= 0.6 is 0 Å². The minimum absolute atomic E-state index is 0.130. The van der Waals surface area contributed by atoms with Crippen molar-refractivity contribution in [3.05, 3.63) is 35.4 Å². The van der Waals surface area contributed by atoms with E-state index >= 15 is 0 Å². The number of hydrogen-bond donors (Lipinski definition) is 8. The lowest BCUT2D eigenvalue weighted by Crippen LogP contribution is -2.39. The summed E-state index contributed by atoms with van der Waals surface area (Å²) in [6.45, 7) is 1.22. The summed E-state index contributed by atoms with van der Waals surface area (Å²) >= 11 is 0. The second-order valence-corrected chi connectivity index (χ2v) is 7.57. The molecule has 12 nitrogen and oxygen atoms in total. The number of nitrogens with one attached hydrogen (secondary N) is 1. The molecule has 1 aliphatic rings. The van der Waals surface area contributed by atoms with Crippen molar-refractivity contribution in [2.24, 2.45) is 5.92 Å². The Bertz CT molecular complexity index is 1020. The largest absolute Gasteiger partial charge is 0.504 e. The first-order valence-corrected chi connectivity index (χ1v) is 9.78. The lowest BCUT2D eigenvalue weighted by atomic mass is 9.98. The highest BCUT2D eigenvalue weighted by Gasteiger charge is 2.42. The van der Waals surface area contributed by atoms with Crippen LogP contribution in [0.15, 0.2) is 24.3 Å². The van der Waals surface area contributed by atoms with Crippen LogP contribution in [0, 0.1) is 5.92 Å². The molecule has 0 aliphatic carbocycles. The molecule has 0 bridgehead atoms. The minimum atomic E-state index is -1.13. The van der Waals surface area contributed by atoms with Gasteiger partial charge < -0.3 is 50.5 Å². The molecule has 0 radical (unpaired) electrons. The van der Waals surface area contributed by atoms with E-state index in [9.17, 15) is 45.3 Å². The molecule has 0 aromatic heterocycles. The van der Waals surface area contributed by atoms with Gasteiger partial charge in [0.15, 0.2) is 34.5 Å². The lowest BCUT2D eigenvalue weighted by Gasteiger charge is -2.19. The Morgan fingerprint density at radius 2 is 1.39 bits per heavy atom. The molecule has 178 valence electrons. The minimum Gasteiger partial charge on any atom is -0.504 e. The van der Waals surface area contributed by atoms with Crippen LogP contribution in [-0.2, 0) is 9.47 Å². The van der Waals surface area contributed by atoms with Crippen LogP contribution in [0.25, 0.3) is 0 Å². The Kier molecular flexibility index (Phi) is 6.70. The molecule has 33 heavy (non-hydrogen) atoms. The summed E-state index contributed by atoms with van der Waals surface area (Å²) in [6, 6.07) is 3.75. The van der Waals surface area contributed by atoms with E-state index in [2.05, 4.69) is 5.32 Å². The topological polar surface area (TPSA) is 206 Å². The molecule has 0 saturated carbocycles. The van der Waals surface area contributed by atoms with Gasteiger partial charge in [0.25, 0.3) is 5.91 Å². The van der Waals surface area contributed by atoms with Gasteiger partial charge in [-0.1, -0.05) is 0 Å². The van der Waals surface area contributed by atoms with Crippen LogP contribution in [0.1, 0.15) is 27.6 Å². The molecule has 1 aliphatic heterocycles. The SMILES string of the molecule is CC1O[C@H](CNC(=O)c2cc(O)c(O)c(O)c2)[C@@H](O)[C@@H]1COC(=O)c1cc(O)c(O)c(O)c1. The van der Waals surface area contributed by atoms with E-state index in [1.165, 1.54) is 0 Å². The van der Waals surface area contributed by atoms with Crippen LogP contribution < -0.4 is 5.32 Å². The molecule has 1 saturated heterocycles. The molecule has 4 atom stereocenters. The third-order valence-corrected chi connectivity index (χ3v) is 5.32. The van der Waals surface area contributed by atoms with Crippen LogP contribution in [0.5, 0.6) is 34.5 Å². The zero-order valence-corrected chi connectivity index (χ0v) is 17.3. The Morgan fingerprint density at radius 1 is 0.909 bits per heavy atom. The van der Waals surface area contributed by atoms with Crippen molar-refractivity contribution in [3.8, 4) is 34.5 Å². The smallest absolute Gasteiger partial charge is 0.338 e. The predicted molar refractivity (Wildman–Crippen MR) is 109 cm³/mol. The van der Waals surface area contributed by atoms with E-state index in [4.69, 9.17) is 9.47 Å². The highest BCUT2D eigenvalue weighted by Crippen LogP contribution is 2.36. The van der Waals surface area contributed by atoms with Crippen molar-refractivity contribution in [1.82, 2.24) is 5.32 Å². The second kappa shape index (κ2) is 9.30. The Hall–Kier alpha value is -3.90. The quantitative estimate of drug-likeness (QED) is 0.215. The van der Waals surface area contributed by atoms with Gasteiger partial charge in [0, 0.05) is 18.0 Å². The van der Waals surface area contributed by atoms with E-state index in [0.29, 0.717) is 0 Å². The van der Waals surface area contributed by atoms with Crippen LogP contribution in [0.4, 0.5) is 0 Å². The molecule has 3 rings (SSSR count). The molecule has 12 heteroatoms. The van der Waals surface area contributed by atoms with Crippen molar-refractivity contribution < 1.29 is 54.8 Å². The molecular formula is C21H23NO11. The first-order valence-electron chi connectivity index (χ1n) is 9.78. The number of carbonyl (C=O) groups is 2. The number of esters is 1. The molecule has 1 fully saturated rings. The molecule has 1 heterocycles. The molecule has 1 amide bonds. The van der Waals surface area contributed by atoms with Crippen LogP contribution in [0.3, 0.4) is 0 Å². The fourth-order valence-corrected chi connectivity index (χ4v) is 3.42. The number of hydrogen-bond acceptors (Lipinski definition) is 11. The van der Waals surface area contributed by atoms with E-state index in [0.717, 1.165) is 24.3 Å². The number of phenolic OH excluding ortho intramolecular Hbond substituents is 6. The highest BCUT2D eigenvalue weighted by molar-refractivity contribution is 5.95. The van der Waals surface area contributed by atoms with Crippen molar-refractivity contribution in [3.63, 3.8) is 0 Å². The molecule has 2 aromatic rings. The van der Waals surface area contributed by atoms with Gasteiger partial charge in [-0.3, -0.25) is 4.79 Å². The maximum Gasteiger partial charge on any atom is 0.338 e. The Labute approximate surface area is 186 Å². The number of benzene rings is 2. The van der Waals surface area contributed by atoms with E-state index in [1.54, 1.807) is 6.92 Å². The number of carbonyl (C=O) groups excluding carboxylic acids is 2. The summed E-state index contributed by atoms with van der Waals surface area (Å²) in [6.07, 6.45) is -2.54.